The van der Waals surface area contributed by atoms with Crippen LogP contribution in [0.2, 0.25) is 0 Å². The van der Waals surface area contributed by atoms with E-state index in [0.29, 0.717) is 24.6 Å². The first kappa shape index (κ1) is 7.21. The number of rotatable bonds is 1. The van der Waals surface area contributed by atoms with E-state index in [1.807, 2.05) is 0 Å². The average Bonchev–Trinajstić information content (AvgIpc) is 2.56. The molecule has 1 aromatic heterocycles. The van der Waals surface area contributed by atoms with Crippen molar-refractivity contribution >= 4 is 5.90 Å². The highest BCUT2D eigenvalue weighted by molar-refractivity contribution is 5.94. The summed E-state index contributed by atoms with van der Waals surface area (Å²) in [5.74, 6) is 0.118. The van der Waals surface area contributed by atoms with E-state index < -0.39 is 0 Å². The number of halogens is 1. The molecule has 0 bridgehead atoms. The van der Waals surface area contributed by atoms with Gasteiger partial charge in [-0.1, -0.05) is 0 Å². The fourth-order valence-electron chi connectivity index (χ4n) is 1.04. The van der Waals surface area contributed by atoms with Crippen molar-refractivity contribution in [2.45, 2.75) is 0 Å². The molecule has 0 aliphatic carbocycles. The second-order valence-electron chi connectivity index (χ2n) is 2.43. The molecule has 0 saturated carbocycles. The molecule has 0 unspecified atom stereocenters. The Balaban J connectivity index is 2.33. The molecule has 3 nitrogen and oxygen atoms in total. The Morgan fingerprint density at radius 3 is 3.00 bits per heavy atom. The highest BCUT2D eigenvalue weighted by Crippen LogP contribution is 2.07. The molecular formula is C8H7FN2O. The molecule has 0 aromatic carbocycles. The number of hydrogen-bond donors (Lipinski definition) is 0. The minimum absolute atomic E-state index is 0.370. The number of ether oxygens (including phenoxy) is 1. The maximum Gasteiger partial charge on any atom is 0.217 e. The van der Waals surface area contributed by atoms with Crippen molar-refractivity contribution in [2.24, 2.45) is 4.99 Å². The van der Waals surface area contributed by atoms with E-state index in [9.17, 15) is 4.39 Å². The summed E-state index contributed by atoms with van der Waals surface area (Å²) in [6.07, 6.45) is 2.69. The van der Waals surface area contributed by atoms with Crippen molar-refractivity contribution in [1.82, 2.24) is 4.98 Å². The van der Waals surface area contributed by atoms with Crippen LogP contribution in [0.25, 0.3) is 0 Å². The summed E-state index contributed by atoms with van der Waals surface area (Å²) in [5, 5.41) is 0. The van der Waals surface area contributed by atoms with Gasteiger partial charge >= 0.3 is 0 Å². The minimum atomic E-state index is -0.370. The highest BCUT2D eigenvalue weighted by Gasteiger charge is 2.10. The van der Waals surface area contributed by atoms with Gasteiger partial charge in [0, 0.05) is 6.20 Å². The normalized spacial score (nSPS) is 15.6. The van der Waals surface area contributed by atoms with Gasteiger partial charge in [-0.05, 0) is 6.07 Å². The third-order valence-corrected chi connectivity index (χ3v) is 1.54. The number of hydrogen-bond acceptors (Lipinski definition) is 3. The van der Waals surface area contributed by atoms with Gasteiger partial charge in [-0.3, -0.25) is 4.98 Å². The fourth-order valence-corrected chi connectivity index (χ4v) is 1.04. The number of aliphatic imine (C=N–C) groups is 1. The zero-order chi connectivity index (χ0) is 8.39. The first-order chi connectivity index (χ1) is 5.86. The van der Waals surface area contributed by atoms with Gasteiger partial charge in [-0.25, -0.2) is 9.38 Å². The molecule has 1 aliphatic rings. The lowest BCUT2D eigenvalue weighted by Crippen LogP contribution is -2.01. The van der Waals surface area contributed by atoms with Crippen LogP contribution in [-0.4, -0.2) is 24.0 Å². The molecule has 4 heteroatoms. The van der Waals surface area contributed by atoms with Crippen LogP contribution in [-0.2, 0) is 4.74 Å². The maximum atomic E-state index is 12.6. The third-order valence-electron chi connectivity index (χ3n) is 1.54. The largest absolute Gasteiger partial charge is 0.475 e. The molecule has 12 heavy (non-hydrogen) atoms. The summed E-state index contributed by atoms with van der Waals surface area (Å²) in [6.45, 7) is 1.22. The van der Waals surface area contributed by atoms with Crippen LogP contribution in [0, 0.1) is 5.82 Å². The van der Waals surface area contributed by atoms with Crippen molar-refractivity contribution in [3.63, 3.8) is 0 Å². The van der Waals surface area contributed by atoms with Crippen LogP contribution in [0.1, 0.15) is 5.56 Å². The molecule has 0 spiro atoms. The van der Waals surface area contributed by atoms with Gasteiger partial charge < -0.3 is 4.74 Å². The van der Waals surface area contributed by atoms with E-state index in [0.717, 1.165) is 6.20 Å². The Labute approximate surface area is 68.9 Å². The standard InChI is InChI=1S/C8H7FN2O/c9-7-3-6(4-10-5-7)8-11-1-2-12-8/h3-5H,1-2H2. The molecule has 2 rings (SSSR count). The lowest BCUT2D eigenvalue weighted by Gasteiger charge is -1.99. The molecule has 0 atom stereocenters. The Morgan fingerprint density at radius 2 is 2.33 bits per heavy atom. The summed E-state index contributed by atoms with van der Waals surface area (Å²) >= 11 is 0. The Hall–Kier alpha value is -1.45. The van der Waals surface area contributed by atoms with Crippen molar-refractivity contribution < 1.29 is 9.13 Å². The van der Waals surface area contributed by atoms with Crippen LogP contribution in [0.5, 0.6) is 0 Å². The maximum absolute atomic E-state index is 12.6. The van der Waals surface area contributed by atoms with Gasteiger partial charge in [0.1, 0.15) is 12.4 Å². The molecule has 0 saturated heterocycles. The lowest BCUT2D eigenvalue weighted by molar-refractivity contribution is 0.348. The van der Waals surface area contributed by atoms with Crippen LogP contribution in [0.4, 0.5) is 4.39 Å². The molecule has 0 N–H and O–H groups in total. The molecule has 2 heterocycles. The molecule has 62 valence electrons. The second-order valence-corrected chi connectivity index (χ2v) is 2.43. The number of pyridine rings is 1. The zero-order valence-electron chi connectivity index (χ0n) is 6.33. The van der Waals surface area contributed by atoms with Gasteiger partial charge in [-0.2, -0.15) is 0 Å². The Bertz CT molecular complexity index is 325. The summed E-state index contributed by atoms with van der Waals surface area (Å²) < 4.78 is 17.8. The van der Waals surface area contributed by atoms with E-state index in [1.165, 1.54) is 12.3 Å². The Morgan fingerprint density at radius 1 is 1.42 bits per heavy atom. The predicted molar refractivity (Wildman–Crippen MR) is 41.6 cm³/mol. The lowest BCUT2D eigenvalue weighted by atomic mass is 10.3. The summed E-state index contributed by atoms with van der Waals surface area (Å²) in [7, 11) is 0. The van der Waals surface area contributed by atoms with Crippen LogP contribution in [0.15, 0.2) is 23.5 Å². The predicted octanol–water partition coefficient (Wildman–Crippen LogP) is 0.997. The third kappa shape index (κ3) is 1.28. The number of aromatic nitrogens is 1. The quantitative estimate of drug-likeness (QED) is 0.623. The van der Waals surface area contributed by atoms with Crippen molar-refractivity contribution in [3.05, 3.63) is 29.8 Å². The van der Waals surface area contributed by atoms with Gasteiger partial charge in [-0.15, -0.1) is 0 Å². The number of nitrogens with zero attached hydrogens (tertiary/aromatic N) is 2. The zero-order valence-corrected chi connectivity index (χ0v) is 6.33. The topological polar surface area (TPSA) is 34.5 Å². The fraction of sp³-hybridized carbons (Fsp3) is 0.250. The van der Waals surface area contributed by atoms with E-state index in [1.54, 1.807) is 0 Å². The molecule has 1 aromatic rings. The van der Waals surface area contributed by atoms with Crippen molar-refractivity contribution in [3.8, 4) is 0 Å². The molecule has 0 fully saturated rings. The second kappa shape index (κ2) is 2.89. The van der Waals surface area contributed by atoms with E-state index >= 15 is 0 Å². The first-order valence-electron chi connectivity index (χ1n) is 3.64. The monoisotopic (exact) mass is 166 g/mol. The van der Waals surface area contributed by atoms with Gasteiger partial charge in [0.2, 0.25) is 5.90 Å². The molecular weight excluding hydrogens is 159 g/mol. The summed E-state index contributed by atoms with van der Waals surface area (Å²) in [6, 6.07) is 1.36. The van der Waals surface area contributed by atoms with Crippen LogP contribution >= 0.6 is 0 Å². The summed E-state index contributed by atoms with van der Waals surface area (Å²) in [4.78, 5) is 7.73. The van der Waals surface area contributed by atoms with E-state index in [2.05, 4.69) is 9.98 Å². The average molecular weight is 166 g/mol. The minimum Gasteiger partial charge on any atom is -0.475 e. The molecule has 0 amide bonds. The van der Waals surface area contributed by atoms with Crippen molar-refractivity contribution in [2.75, 3.05) is 13.2 Å². The van der Waals surface area contributed by atoms with Crippen molar-refractivity contribution in [1.29, 1.82) is 0 Å². The highest BCUT2D eigenvalue weighted by atomic mass is 19.1. The smallest absolute Gasteiger partial charge is 0.217 e. The van der Waals surface area contributed by atoms with E-state index in [-0.39, 0.29) is 5.82 Å². The molecule has 1 aliphatic heterocycles. The Kier molecular flexibility index (Phi) is 1.74. The van der Waals surface area contributed by atoms with Gasteiger partial charge in [0.25, 0.3) is 0 Å². The van der Waals surface area contributed by atoms with Crippen LogP contribution in [0.3, 0.4) is 0 Å². The molecule has 0 radical (unpaired) electrons. The summed E-state index contributed by atoms with van der Waals surface area (Å²) in [5.41, 5.74) is 0.604. The van der Waals surface area contributed by atoms with Crippen LogP contribution < -0.4 is 0 Å². The van der Waals surface area contributed by atoms with E-state index in [4.69, 9.17) is 4.74 Å². The van der Waals surface area contributed by atoms with Gasteiger partial charge in [0.15, 0.2) is 0 Å². The SMILES string of the molecule is Fc1cncc(C2=NCCO2)c1. The van der Waals surface area contributed by atoms with Gasteiger partial charge in [0.05, 0.1) is 18.3 Å². The first-order valence-corrected chi connectivity index (χ1v) is 3.64.